The number of hydrogen-bond donors (Lipinski definition) is 1. The maximum atomic E-state index is 12.4. The molecule has 3 fully saturated rings. The third-order valence-corrected chi connectivity index (χ3v) is 6.16. The monoisotopic (exact) mass is 375 g/mol. The molecule has 27 heavy (non-hydrogen) atoms. The molecule has 0 bridgehead atoms. The second-order valence-electron chi connectivity index (χ2n) is 8.83. The minimum atomic E-state index is 0.186. The van der Waals surface area contributed by atoms with E-state index >= 15 is 0 Å². The van der Waals surface area contributed by atoms with Crippen molar-refractivity contribution in [1.82, 2.24) is 25.3 Å². The van der Waals surface area contributed by atoms with Gasteiger partial charge in [-0.05, 0) is 45.1 Å². The molecule has 1 aromatic heterocycles. The highest BCUT2D eigenvalue weighted by atomic mass is 16.5. The van der Waals surface area contributed by atoms with Gasteiger partial charge >= 0.3 is 0 Å². The molecule has 3 aliphatic rings. The Kier molecular flexibility index (Phi) is 5.78. The van der Waals surface area contributed by atoms with Crippen LogP contribution in [-0.2, 0) is 11.3 Å². The Morgan fingerprint density at radius 2 is 1.96 bits per heavy atom. The number of likely N-dealkylation sites (tertiary alicyclic amines) is 2. The first kappa shape index (κ1) is 18.9. The fourth-order valence-corrected chi connectivity index (χ4v) is 4.31. The zero-order valence-corrected chi connectivity index (χ0v) is 16.7. The molecule has 0 spiro atoms. The standard InChI is InChI=1S/C20H33N5O2/c1-14(2)20-22-18(23-27-20)13-24-10-7-17(8-11-24)25-9-3-4-15(12-25)19(26)21-16-5-6-16/h14-17H,3-13H2,1-2H3,(H,21,26). The molecule has 0 aromatic carbocycles. The normalized spacial score (nSPS) is 25.8. The lowest BCUT2D eigenvalue weighted by Gasteiger charge is -2.41. The first-order valence-electron chi connectivity index (χ1n) is 10.7. The van der Waals surface area contributed by atoms with Crippen molar-refractivity contribution in [3.8, 4) is 0 Å². The Morgan fingerprint density at radius 3 is 2.63 bits per heavy atom. The van der Waals surface area contributed by atoms with Crippen molar-refractivity contribution >= 4 is 5.91 Å². The van der Waals surface area contributed by atoms with Crippen LogP contribution in [0.3, 0.4) is 0 Å². The van der Waals surface area contributed by atoms with E-state index in [4.69, 9.17) is 4.52 Å². The van der Waals surface area contributed by atoms with Gasteiger partial charge in [0.2, 0.25) is 11.8 Å². The van der Waals surface area contributed by atoms with E-state index in [1.807, 2.05) is 0 Å². The van der Waals surface area contributed by atoms with Crippen LogP contribution in [0.1, 0.15) is 70.0 Å². The SMILES string of the molecule is CC(C)c1nc(CN2CCC(N3CCCC(C(=O)NC4CC4)C3)CC2)no1. The van der Waals surface area contributed by atoms with E-state index in [1.165, 1.54) is 12.8 Å². The molecule has 1 aromatic rings. The largest absolute Gasteiger partial charge is 0.353 e. The highest BCUT2D eigenvalue weighted by Crippen LogP contribution is 2.26. The molecule has 1 saturated carbocycles. The molecule has 1 N–H and O–H groups in total. The average molecular weight is 376 g/mol. The van der Waals surface area contributed by atoms with E-state index in [0.29, 0.717) is 12.1 Å². The van der Waals surface area contributed by atoms with E-state index in [9.17, 15) is 4.79 Å². The second-order valence-corrected chi connectivity index (χ2v) is 8.83. The lowest BCUT2D eigenvalue weighted by atomic mass is 9.93. The summed E-state index contributed by atoms with van der Waals surface area (Å²) in [6, 6.07) is 1.08. The Labute approximate surface area is 161 Å². The van der Waals surface area contributed by atoms with Crippen molar-refractivity contribution in [3.05, 3.63) is 11.7 Å². The van der Waals surface area contributed by atoms with Crippen molar-refractivity contribution < 1.29 is 9.32 Å². The quantitative estimate of drug-likeness (QED) is 0.821. The molecule has 0 radical (unpaired) electrons. The highest BCUT2D eigenvalue weighted by molar-refractivity contribution is 5.79. The van der Waals surface area contributed by atoms with E-state index in [0.717, 1.165) is 70.1 Å². The number of carbonyl (C=O) groups is 1. The summed E-state index contributed by atoms with van der Waals surface area (Å²) < 4.78 is 5.32. The van der Waals surface area contributed by atoms with E-state index in [-0.39, 0.29) is 17.7 Å². The van der Waals surface area contributed by atoms with Gasteiger partial charge < -0.3 is 9.84 Å². The minimum absolute atomic E-state index is 0.186. The summed E-state index contributed by atoms with van der Waals surface area (Å²) in [4.78, 5) is 21.9. The number of piperidine rings is 2. The van der Waals surface area contributed by atoms with Gasteiger partial charge in [0.1, 0.15) is 0 Å². The summed E-state index contributed by atoms with van der Waals surface area (Å²) in [6.45, 7) is 9.11. The summed E-state index contributed by atoms with van der Waals surface area (Å²) >= 11 is 0. The molecular formula is C20H33N5O2. The van der Waals surface area contributed by atoms with Gasteiger partial charge in [-0.15, -0.1) is 0 Å². The lowest BCUT2D eigenvalue weighted by Crippen LogP contribution is -2.50. The fraction of sp³-hybridized carbons (Fsp3) is 0.850. The molecule has 1 amide bonds. The highest BCUT2D eigenvalue weighted by Gasteiger charge is 2.33. The summed E-state index contributed by atoms with van der Waals surface area (Å²) in [5, 5.41) is 7.31. The first-order valence-corrected chi connectivity index (χ1v) is 10.7. The van der Waals surface area contributed by atoms with Crippen LogP contribution in [0.15, 0.2) is 4.52 Å². The maximum absolute atomic E-state index is 12.4. The summed E-state index contributed by atoms with van der Waals surface area (Å²) in [7, 11) is 0. The Morgan fingerprint density at radius 1 is 1.19 bits per heavy atom. The Hall–Kier alpha value is -1.47. The van der Waals surface area contributed by atoms with Gasteiger partial charge in [0.25, 0.3) is 0 Å². The number of nitrogens with zero attached hydrogens (tertiary/aromatic N) is 4. The van der Waals surface area contributed by atoms with Gasteiger partial charge in [-0.25, -0.2) is 0 Å². The van der Waals surface area contributed by atoms with Crippen molar-refractivity contribution in [3.63, 3.8) is 0 Å². The van der Waals surface area contributed by atoms with Crippen LogP contribution < -0.4 is 5.32 Å². The molecule has 3 heterocycles. The van der Waals surface area contributed by atoms with Crippen molar-refractivity contribution in [2.24, 2.45) is 5.92 Å². The van der Waals surface area contributed by atoms with Crippen LogP contribution in [-0.4, -0.2) is 64.1 Å². The third kappa shape index (κ3) is 4.88. The molecule has 2 aliphatic heterocycles. The van der Waals surface area contributed by atoms with Crippen molar-refractivity contribution in [1.29, 1.82) is 0 Å². The Balaban J connectivity index is 1.23. The minimum Gasteiger partial charge on any atom is -0.353 e. The van der Waals surface area contributed by atoms with Gasteiger partial charge in [0.05, 0.1) is 12.5 Å². The van der Waals surface area contributed by atoms with Gasteiger partial charge in [0.15, 0.2) is 5.82 Å². The number of rotatable bonds is 6. The Bertz CT molecular complexity index is 634. The molecule has 4 rings (SSSR count). The second kappa shape index (κ2) is 8.27. The molecule has 1 aliphatic carbocycles. The van der Waals surface area contributed by atoms with Crippen LogP contribution >= 0.6 is 0 Å². The predicted octanol–water partition coefficient (Wildman–Crippen LogP) is 2.15. The lowest BCUT2D eigenvalue weighted by molar-refractivity contribution is -0.127. The van der Waals surface area contributed by atoms with Crippen LogP contribution in [0.25, 0.3) is 0 Å². The maximum Gasteiger partial charge on any atom is 0.229 e. The predicted molar refractivity (Wildman–Crippen MR) is 102 cm³/mol. The number of amides is 1. The van der Waals surface area contributed by atoms with Gasteiger partial charge in [-0.2, -0.15) is 4.98 Å². The third-order valence-electron chi connectivity index (χ3n) is 6.16. The van der Waals surface area contributed by atoms with Crippen LogP contribution in [0.5, 0.6) is 0 Å². The zero-order chi connectivity index (χ0) is 18.8. The van der Waals surface area contributed by atoms with Gasteiger partial charge in [0, 0.05) is 37.6 Å². The van der Waals surface area contributed by atoms with Gasteiger partial charge in [-0.1, -0.05) is 19.0 Å². The van der Waals surface area contributed by atoms with Crippen LogP contribution in [0.4, 0.5) is 0 Å². The number of hydrogen-bond acceptors (Lipinski definition) is 6. The number of nitrogens with one attached hydrogen (secondary N) is 1. The first-order chi connectivity index (χ1) is 13.1. The molecular weight excluding hydrogens is 342 g/mol. The molecule has 150 valence electrons. The number of aromatic nitrogens is 2. The van der Waals surface area contributed by atoms with Crippen LogP contribution in [0.2, 0.25) is 0 Å². The zero-order valence-electron chi connectivity index (χ0n) is 16.7. The van der Waals surface area contributed by atoms with Gasteiger partial charge in [-0.3, -0.25) is 14.6 Å². The van der Waals surface area contributed by atoms with E-state index in [2.05, 4.69) is 39.1 Å². The molecule has 1 atom stereocenters. The van der Waals surface area contributed by atoms with E-state index in [1.54, 1.807) is 0 Å². The molecule has 2 saturated heterocycles. The molecule has 7 heteroatoms. The molecule has 7 nitrogen and oxygen atoms in total. The average Bonchev–Trinajstić information content (AvgIpc) is 3.37. The summed E-state index contributed by atoms with van der Waals surface area (Å²) in [5.41, 5.74) is 0. The summed E-state index contributed by atoms with van der Waals surface area (Å²) in [5.74, 6) is 2.28. The number of carbonyl (C=O) groups excluding carboxylic acids is 1. The van der Waals surface area contributed by atoms with E-state index < -0.39 is 0 Å². The summed E-state index contributed by atoms with van der Waals surface area (Å²) in [6.07, 6.45) is 6.84. The van der Waals surface area contributed by atoms with Crippen molar-refractivity contribution in [2.45, 2.75) is 76.9 Å². The smallest absolute Gasteiger partial charge is 0.229 e. The fourth-order valence-electron chi connectivity index (χ4n) is 4.31. The van der Waals surface area contributed by atoms with Crippen LogP contribution in [0, 0.1) is 5.92 Å². The molecule has 1 unspecified atom stereocenters. The van der Waals surface area contributed by atoms with Crippen molar-refractivity contribution in [2.75, 3.05) is 26.2 Å². The topological polar surface area (TPSA) is 74.5 Å².